The zero-order valence-corrected chi connectivity index (χ0v) is 11.7. The number of esters is 1. The summed E-state index contributed by atoms with van der Waals surface area (Å²) >= 11 is 0. The van der Waals surface area contributed by atoms with E-state index in [1.54, 1.807) is 12.1 Å². The first-order valence-corrected chi connectivity index (χ1v) is 6.40. The maximum absolute atomic E-state index is 11.7. The van der Waals surface area contributed by atoms with Crippen LogP contribution in [0.1, 0.15) is 29.6 Å². The van der Waals surface area contributed by atoms with Crippen LogP contribution in [0, 0.1) is 10.1 Å². The van der Waals surface area contributed by atoms with Crippen molar-refractivity contribution in [1.82, 2.24) is 4.98 Å². The van der Waals surface area contributed by atoms with E-state index in [-0.39, 0.29) is 22.9 Å². The molecular formula is C14H14N2O5. The quantitative estimate of drug-likeness (QED) is 0.477. The third kappa shape index (κ3) is 2.91. The van der Waals surface area contributed by atoms with Crippen molar-refractivity contribution in [3.63, 3.8) is 0 Å². The molecule has 7 heteroatoms. The number of para-hydroxylation sites is 1. The third-order valence-corrected chi connectivity index (χ3v) is 2.89. The van der Waals surface area contributed by atoms with Crippen molar-refractivity contribution in [2.75, 3.05) is 7.11 Å². The van der Waals surface area contributed by atoms with Gasteiger partial charge in [-0.05, 0) is 12.5 Å². The lowest BCUT2D eigenvalue weighted by molar-refractivity contribution is -0.384. The zero-order chi connectivity index (χ0) is 15.4. The lowest BCUT2D eigenvalue weighted by atomic mass is 10.2. The van der Waals surface area contributed by atoms with Gasteiger partial charge in [0, 0.05) is 6.07 Å². The number of nitro benzene ring substituents is 1. The highest BCUT2D eigenvalue weighted by Crippen LogP contribution is 2.30. The topological polar surface area (TPSA) is 95.5 Å². The Morgan fingerprint density at radius 3 is 2.76 bits per heavy atom. The molecule has 7 nitrogen and oxygen atoms in total. The molecule has 0 bridgehead atoms. The Morgan fingerprint density at radius 1 is 1.43 bits per heavy atom. The van der Waals surface area contributed by atoms with Gasteiger partial charge in [-0.15, -0.1) is 0 Å². The number of carbonyl (C=O) groups is 1. The van der Waals surface area contributed by atoms with Crippen LogP contribution in [0.5, 0.6) is 0 Å². The number of rotatable bonds is 5. The Labute approximate surface area is 120 Å². The number of nitro groups is 1. The summed E-state index contributed by atoms with van der Waals surface area (Å²) in [6.07, 6.45) is 1.28. The second-order valence-corrected chi connectivity index (χ2v) is 4.31. The molecule has 2 rings (SSSR count). The highest BCUT2D eigenvalue weighted by molar-refractivity contribution is 5.88. The smallest absolute Gasteiger partial charge is 0.376 e. The maximum Gasteiger partial charge on any atom is 0.376 e. The molecule has 0 fully saturated rings. The van der Waals surface area contributed by atoms with Crippen LogP contribution < -0.4 is 0 Å². The minimum atomic E-state index is -0.643. The Bertz CT molecular complexity index is 678. The fourth-order valence-electron chi connectivity index (χ4n) is 1.94. The van der Waals surface area contributed by atoms with E-state index in [4.69, 9.17) is 4.42 Å². The highest BCUT2D eigenvalue weighted by atomic mass is 16.6. The van der Waals surface area contributed by atoms with Crippen LogP contribution in [0.3, 0.4) is 0 Å². The molecule has 0 atom stereocenters. The van der Waals surface area contributed by atoms with Crippen LogP contribution in [0.25, 0.3) is 11.5 Å². The van der Waals surface area contributed by atoms with Gasteiger partial charge < -0.3 is 9.15 Å². The van der Waals surface area contributed by atoms with E-state index in [0.29, 0.717) is 12.1 Å². The molecule has 0 saturated carbocycles. The van der Waals surface area contributed by atoms with Gasteiger partial charge in [-0.25, -0.2) is 9.78 Å². The Kier molecular flexibility index (Phi) is 4.32. The van der Waals surface area contributed by atoms with E-state index < -0.39 is 10.9 Å². The molecule has 2 aromatic rings. The summed E-state index contributed by atoms with van der Waals surface area (Å²) in [4.78, 5) is 26.4. The third-order valence-electron chi connectivity index (χ3n) is 2.89. The number of oxazole rings is 1. The van der Waals surface area contributed by atoms with E-state index >= 15 is 0 Å². The van der Waals surface area contributed by atoms with Gasteiger partial charge in [0.2, 0.25) is 11.7 Å². The van der Waals surface area contributed by atoms with Crippen LogP contribution in [-0.2, 0) is 11.2 Å². The summed E-state index contributed by atoms with van der Waals surface area (Å²) in [6, 6.07) is 6.08. The fraction of sp³-hybridized carbons (Fsp3) is 0.286. The fourth-order valence-corrected chi connectivity index (χ4v) is 1.94. The molecule has 1 aromatic heterocycles. The minimum absolute atomic E-state index is 0.00694. The molecule has 0 amide bonds. The summed E-state index contributed by atoms with van der Waals surface area (Å²) in [5.74, 6) is -0.602. The molecule has 1 aromatic carbocycles. The first-order valence-electron chi connectivity index (χ1n) is 6.40. The molecule has 0 unspecified atom stereocenters. The van der Waals surface area contributed by atoms with Crippen LogP contribution in [0.2, 0.25) is 0 Å². The number of hydrogen-bond donors (Lipinski definition) is 0. The predicted molar refractivity (Wildman–Crippen MR) is 73.9 cm³/mol. The summed E-state index contributed by atoms with van der Waals surface area (Å²) in [5.41, 5.74) is 0.547. The van der Waals surface area contributed by atoms with Crippen molar-refractivity contribution in [2.45, 2.75) is 19.8 Å². The summed E-state index contributed by atoms with van der Waals surface area (Å²) in [6.45, 7) is 1.93. The van der Waals surface area contributed by atoms with Crippen molar-refractivity contribution < 1.29 is 18.9 Å². The number of benzene rings is 1. The van der Waals surface area contributed by atoms with Crippen molar-refractivity contribution in [2.24, 2.45) is 0 Å². The molecule has 21 heavy (non-hydrogen) atoms. The molecule has 0 N–H and O–H groups in total. The molecule has 0 saturated heterocycles. The predicted octanol–water partition coefficient (Wildman–Crippen LogP) is 2.99. The van der Waals surface area contributed by atoms with Crippen molar-refractivity contribution in [3.05, 3.63) is 45.8 Å². The molecule has 0 aliphatic carbocycles. The van der Waals surface area contributed by atoms with E-state index in [0.717, 1.165) is 6.42 Å². The number of nitrogens with zero attached hydrogens (tertiary/aromatic N) is 2. The van der Waals surface area contributed by atoms with Crippen LogP contribution in [-0.4, -0.2) is 23.0 Å². The van der Waals surface area contributed by atoms with Crippen LogP contribution in [0.4, 0.5) is 5.69 Å². The SMILES string of the molecule is CCCc1nc(-c2ccccc2[N+](=O)[O-])oc1C(=O)OC. The molecular weight excluding hydrogens is 276 g/mol. The number of hydrogen-bond acceptors (Lipinski definition) is 6. The van der Waals surface area contributed by atoms with Gasteiger partial charge in [0.1, 0.15) is 5.56 Å². The Hall–Kier alpha value is -2.70. The normalized spacial score (nSPS) is 10.4. The van der Waals surface area contributed by atoms with Gasteiger partial charge >= 0.3 is 5.97 Å². The van der Waals surface area contributed by atoms with Gasteiger partial charge in [-0.2, -0.15) is 0 Å². The molecule has 0 aliphatic heterocycles. The molecule has 0 radical (unpaired) electrons. The average Bonchev–Trinajstić information content (AvgIpc) is 2.90. The monoisotopic (exact) mass is 290 g/mol. The van der Waals surface area contributed by atoms with Crippen molar-refractivity contribution >= 4 is 11.7 Å². The van der Waals surface area contributed by atoms with E-state index in [1.807, 2.05) is 6.92 Å². The van der Waals surface area contributed by atoms with Gasteiger partial charge in [-0.3, -0.25) is 10.1 Å². The van der Waals surface area contributed by atoms with Gasteiger partial charge in [0.05, 0.1) is 17.7 Å². The average molecular weight is 290 g/mol. The number of aromatic nitrogens is 1. The zero-order valence-electron chi connectivity index (χ0n) is 11.7. The first kappa shape index (κ1) is 14.7. The van der Waals surface area contributed by atoms with Crippen LogP contribution in [0.15, 0.2) is 28.7 Å². The first-order chi connectivity index (χ1) is 10.1. The Balaban J connectivity index is 2.55. The molecule has 0 aliphatic rings. The van der Waals surface area contributed by atoms with Gasteiger partial charge in [0.15, 0.2) is 0 Å². The van der Waals surface area contributed by atoms with Crippen LogP contribution >= 0.6 is 0 Å². The van der Waals surface area contributed by atoms with E-state index in [2.05, 4.69) is 9.72 Å². The van der Waals surface area contributed by atoms with E-state index in [9.17, 15) is 14.9 Å². The number of methoxy groups -OCH3 is 1. The van der Waals surface area contributed by atoms with Crippen molar-refractivity contribution in [3.8, 4) is 11.5 Å². The largest absolute Gasteiger partial charge is 0.463 e. The lowest BCUT2D eigenvalue weighted by Gasteiger charge is -1.97. The highest BCUT2D eigenvalue weighted by Gasteiger charge is 2.24. The summed E-state index contributed by atoms with van der Waals surface area (Å²) < 4.78 is 10.1. The second-order valence-electron chi connectivity index (χ2n) is 4.31. The number of aryl methyl sites for hydroxylation is 1. The number of carbonyl (C=O) groups excluding carboxylic acids is 1. The Morgan fingerprint density at radius 2 is 2.14 bits per heavy atom. The van der Waals surface area contributed by atoms with Gasteiger partial charge in [-0.1, -0.05) is 25.5 Å². The minimum Gasteiger partial charge on any atom is -0.463 e. The summed E-state index contributed by atoms with van der Waals surface area (Å²) in [5, 5.41) is 11.0. The van der Waals surface area contributed by atoms with Gasteiger partial charge in [0.25, 0.3) is 5.69 Å². The maximum atomic E-state index is 11.7. The standard InChI is InChI=1S/C14H14N2O5/c1-3-6-10-12(14(17)20-2)21-13(15-10)9-7-4-5-8-11(9)16(18)19/h4-5,7-8H,3,6H2,1-2H3. The number of ether oxygens (including phenoxy) is 1. The van der Waals surface area contributed by atoms with Crippen molar-refractivity contribution in [1.29, 1.82) is 0 Å². The molecule has 1 heterocycles. The summed E-state index contributed by atoms with van der Waals surface area (Å²) in [7, 11) is 1.24. The molecule has 0 spiro atoms. The van der Waals surface area contributed by atoms with E-state index in [1.165, 1.54) is 19.2 Å². The second kappa shape index (κ2) is 6.17. The molecule has 110 valence electrons. The lowest BCUT2D eigenvalue weighted by Crippen LogP contribution is -2.03.